The Morgan fingerprint density at radius 1 is 1.47 bits per heavy atom. The molecule has 0 saturated carbocycles. The maximum Gasteiger partial charge on any atom is 0.391 e. The molecule has 0 aliphatic carbocycles. The van der Waals surface area contributed by atoms with Gasteiger partial charge >= 0.3 is 12.1 Å². The molecule has 0 radical (unpaired) electrons. The van der Waals surface area contributed by atoms with Gasteiger partial charge in [-0.25, -0.2) is 9.78 Å². The van der Waals surface area contributed by atoms with Crippen molar-refractivity contribution in [1.29, 1.82) is 0 Å². The summed E-state index contributed by atoms with van der Waals surface area (Å²) in [5, 5.41) is 0.570. The van der Waals surface area contributed by atoms with Crippen molar-refractivity contribution >= 4 is 22.4 Å². The molecule has 0 unspecified atom stereocenters. The molecule has 2 heterocycles. The molecule has 0 N–H and O–H groups in total. The Hall–Kier alpha value is -1.31. The molecule has 2 rings (SSSR count). The number of alkyl halides is 3. The Morgan fingerprint density at radius 2 is 2.11 bits per heavy atom. The van der Waals surface area contributed by atoms with Crippen molar-refractivity contribution in [2.75, 3.05) is 25.1 Å². The molecule has 0 bridgehead atoms. The normalized spacial score (nSPS) is 17.6. The van der Waals surface area contributed by atoms with Gasteiger partial charge in [-0.05, 0) is 12.8 Å². The number of hydrogen-bond acceptors (Lipinski definition) is 5. The van der Waals surface area contributed by atoms with E-state index in [4.69, 9.17) is 0 Å². The zero-order chi connectivity index (χ0) is 14.0. The molecule has 106 valence electrons. The summed E-state index contributed by atoms with van der Waals surface area (Å²) >= 11 is 1.14. The van der Waals surface area contributed by atoms with Crippen LogP contribution in [0.15, 0.2) is 6.20 Å². The summed E-state index contributed by atoms with van der Waals surface area (Å²) in [4.78, 5) is 17.5. The van der Waals surface area contributed by atoms with Crippen LogP contribution in [0.3, 0.4) is 0 Å². The van der Waals surface area contributed by atoms with Gasteiger partial charge in [0, 0.05) is 13.1 Å². The molecule has 4 nitrogen and oxygen atoms in total. The number of hydrogen-bond donors (Lipinski definition) is 0. The van der Waals surface area contributed by atoms with Crippen molar-refractivity contribution < 1.29 is 22.7 Å². The average Bonchev–Trinajstić information content (AvgIpc) is 2.86. The van der Waals surface area contributed by atoms with Crippen LogP contribution in [0.25, 0.3) is 0 Å². The first-order valence-electron chi connectivity index (χ1n) is 5.77. The van der Waals surface area contributed by atoms with E-state index in [1.54, 1.807) is 4.90 Å². The van der Waals surface area contributed by atoms with E-state index in [1.807, 2.05) is 0 Å². The fraction of sp³-hybridized carbons (Fsp3) is 0.636. The third kappa shape index (κ3) is 3.17. The highest BCUT2D eigenvalue weighted by atomic mass is 32.1. The van der Waals surface area contributed by atoms with E-state index in [9.17, 15) is 18.0 Å². The molecule has 1 aliphatic rings. The average molecular weight is 294 g/mol. The Balaban J connectivity index is 1.98. The van der Waals surface area contributed by atoms with Crippen LogP contribution in [0.1, 0.15) is 22.5 Å². The Bertz CT molecular complexity index is 453. The van der Waals surface area contributed by atoms with E-state index < -0.39 is 18.1 Å². The number of rotatable bonds is 2. The minimum absolute atomic E-state index is 0.0661. The van der Waals surface area contributed by atoms with E-state index >= 15 is 0 Å². The number of thiazole rings is 1. The van der Waals surface area contributed by atoms with Gasteiger partial charge in [0.1, 0.15) is 4.88 Å². The topological polar surface area (TPSA) is 42.4 Å². The number of methoxy groups -OCH3 is 1. The molecule has 0 spiro atoms. The summed E-state index contributed by atoms with van der Waals surface area (Å²) in [6, 6.07) is 0. The summed E-state index contributed by atoms with van der Waals surface area (Å²) in [5.74, 6) is -1.71. The summed E-state index contributed by atoms with van der Waals surface area (Å²) in [5.41, 5.74) is 0. The fourth-order valence-corrected chi connectivity index (χ4v) is 2.89. The lowest BCUT2D eigenvalue weighted by atomic mass is 9.97. The number of carbonyl (C=O) groups is 1. The van der Waals surface area contributed by atoms with Gasteiger partial charge in [-0.15, -0.1) is 0 Å². The first-order valence-corrected chi connectivity index (χ1v) is 6.59. The second-order valence-electron chi connectivity index (χ2n) is 4.30. The van der Waals surface area contributed by atoms with Gasteiger partial charge in [0.15, 0.2) is 5.13 Å². The minimum Gasteiger partial charge on any atom is -0.465 e. The largest absolute Gasteiger partial charge is 0.465 e. The molecule has 1 fully saturated rings. The van der Waals surface area contributed by atoms with Crippen molar-refractivity contribution in [3.8, 4) is 0 Å². The molecule has 1 aliphatic heterocycles. The molecule has 0 atom stereocenters. The van der Waals surface area contributed by atoms with Gasteiger partial charge in [0.25, 0.3) is 0 Å². The second-order valence-corrected chi connectivity index (χ2v) is 5.31. The van der Waals surface area contributed by atoms with Gasteiger partial charge < -0.3 is 9.64 Å². The first-order chi connectivity index (χ1) is 8.91. The van der Waals surface area contributed by atoms with Crippen molar-refractivity contribution in [3.63, 3.8) is 0 Å². The highest BCUT2D eigenvalue weighted by Crippen LogP contribution is 2.36. The Labute approximate surface area is 112 Å². The molecule has 8 heteroatoms. The van der Waals surface area contributed by atoms with E-state index in [-0.39, 0.29) is 12.8 Å². The van der Waals surface area contributed by atoms with Gasteiger partial charge in [-0.3, -0.25) is 0 Å². The SMILES string of the molecule is COC(=O)c1cnc(N2CCC(C(F)(F)F)CC2)s1. The lowest BCUT2D eigenvalue weighted by molar-refractivity contribution is -0.179. The van der Waals surface area contributed by atoms with E-state index in [0.717, 1.165) is 11.3 Å². The maximum atomic E-state index is 12.5. The van der Waals surface area contributed by atoms with E-state index in [2.05, 4.69) is 9.72 Å². The lowest BCUT2D eigenvalue weighted by Crippen LogP contribution is -2.38. The van der Waals surface area contributed by atoms with Crippen LogP contribution in [0, 0.1) is 5.92 Å². The molecule has 19 heavy (non-hydrogen) atoms. The number of ether oxygens (including phenoxy) is 1. The zero-order valence-electron chi connectivity index (χ0n) is 10.2. The number of esters is 1. The van der Waals surface area contributed by atoms with Gasteiger partial charge in [0.05, 0.1) is 19.2 Å². The standard InChI is InChI=1S/C11H13F3N2O2S/c1-18-9(17)8-6-15-10(19-8)16-4-2-7(3-5-16)11(12,13)14/h6-7H,2-5H2,1H3. The van der Waals surface area contributed by atoms with Gasteiger partial charge in [-0.2, -0.15) is 13.2 Å². The number of piperidine rings is 1. The predicted octanol–water partition coefficient (Wildman–Crippen LogP) is 2.71. The molecule has 1 aromatic rings. The second kappa shape index (κ2) is 5.36. The van der Waals surface area contributed by atoms with Crippen LogP contribution >= 0.6 is 11.3 Å². The molecular weight excluding hydrogens is 281 g/mol. The number of carbonyl (C=O) groups excluding carboxylic acids is 1. The summed E-state index contributed by atoms with van der Waals surface area (Å²) in [6.45, 7) is 0.608. The minimum atomic E-state index is -4.12. The van der Waals surface area contributed by atoms with Crippen LogP contribution in [-0.2, 0) is 4.74 Å². The van der Waals surface area contributed by atoms with E-state index in [0.29, 0.717) is 23.1 Å². The maximum absolute atomic E-state index is 12.5. The van der Waals surface area contributed by atoms with Gasteiger partial charge in [-0.1, -0.05) is 11.3 Å². The fourth-order valence-electron chi connectivity index (χ4n) is 2.00. The van der Waals surface area contributed by atoms with Crippen LogP contribution in [0.5, 0.6) is 0 Å². The summed E-state index contributed by atoms with van der Waals surface area (Å²) in [6.07, 6.45) is -2.60. The smallest absolute Gasteiger partial charge is 0.391 e. The lowest BCUT2D eigenvalue weighted by Gasteiger charge is -2.32. The van der Waals surface area contributed by atoms with Crippen molar-refractivity contribution in [1.82, 2.24) is 4.98 Å². The first kappa shape index (κ1) is 14.1. The molecule has 0 aromatic carbocycles. The quantitative estimate of drug-likeness (QED) is 0.787. The molecule has 1 aromatic heterocycles. The number of anilines is 1. The van der Waals surface area contributed by atoms with Gasteiger partial charge in [0.2, 0.25) is 0 Å². The predicted molar refractivity (Wildman–Crippen MR) is 64.4 cm³/mol. The van der Waals surface area contributed by atoms with Crippen LogP contribution in [0.2, 0.25) is 0 Å². The van der Waals surface area contributed by atoms with Crippen molar-refractivity contribution in [2.24, 2.45) is 5.92 Å². The van der Waals surface area contributed by atoms with Crippen LogP contribution < -0.4 is 4.90 Å². The third-order valence-electron chi connectivity index (χ3n) is 3.11. The Morgan fingerprint density at radius 3 is 2.63 bits per heavy atom. The Kier molecular flexibility index (Phi) is 3.98. The number of halogens is 3. The summed E-state index contributed by atoms with van der Waals surface area (Å²) < 4.78 is 42.2. The number of nitrogens with zero attached hydrogens (tertiary/aromatic N) is 2. The van der Waals surface area contributed by atoms with Crippen LogP contribution in [-0.4, -0.2) is 37.3 Å². The summed E-state index contributed by atoms with van der Waals surface area (Å²) in [7, 11) is 1.27. The highest BCUT2D eigenvalue weighted by molar-refractivity contribution is 7.17. The molecule has 0 amide bonds. The molecule has 1 saturated heterocycles. The van der Waals surface area contributed by atoms with E-state index in [1.165, 1.54) is 13.3 Å². The van der Waals surface area contributed by atoms with Crippen molar-refractivity contribution in [2.45, 2.75) is 19.0 Å². The molecular formula is C11H13F3N2O2S. The third-order valence-corrected chi connectivity index (χ3v) is 4.15. The van der Waals surface area contributed by atoms with Crippen molar-refractivity contribution in [3.05, 3.63) is 11.1 Å². The zero-order valence-corrected chi connectivity index (χ0v) is 11.1. The number of aromatic nitrogens is 1. The highest BCUT2D eigenvalue weighted by Gasteiger charge is 2.41. The van der Waals surface area contributed by atoms with Crippen LogP contribution in [0.4, 0.5) is 18.3 Å². The monoisotopic (exact) mass is 294 g/mol.